The second kappa shape index (κ2) is 9.83. The van der Waals surface area contributed by atoms with E-state index >= 15 is 0 Å². The van der Waals surface area contributed by atoms with Crippen molar-refractivity contribution in [2.45, 2.75) is 19.7 Å². The van der Waals surface area contributed by atoms with Gasteiger partial charge in [-0.15, -0.1) is 0 Å². The van der Waals surface area contributed by atoms with Crippen LogP contribution in [0.15, 0.2) is 60.7 Å². The quantitative estimate of drug-likeness (QED) is 0.617. The van der Waals surface area contributed by atoms with Crippen molar-refractivity contribution in [2.24, 2.45) is 0 Å². The number of benzene rings is 3. The Hall–Kier alpha value is -2.47. The molecule has 0 bridgehead atoms. The molecule has 3 aromatic carbocycles. The van der Waals surface area contributed by atoms with Crippen molar-refractivity contribution in [2.75, 3.05) is 6.79 Å². The van der Waals surface area contributed by atoms with E-state index in [0.29, 0.717) is 29.4 Å². The lowest BCUT2D eigenvalue weighted by Crippen LogP contribution is -3.00. The number of nitrogens with one attached hydrogen (secondary N) is 1. The van der Waals surface area contributed by atoms with Crippen molar-refractivity contribution < 1.29 is 31.0 Å². The lowest BCUT2D eigenvalue weighted by Gasteiger charge is -2.13. The van der Waals surface area contributed by atoms with Crippen LogP contribution in [0, 0.1) is 5.82 Å². The van der Waals surface area contributed by atoms with E-state index in [1.165, 1.54) is 6.07 Å². The van der Waals surface area contributed by atoms with Crippen LogP contribution < -0.4 is 31.9 Å². The molecule has 0 aromatic heterocycles. The molecular formula is C22H19Cl2FNO3-. The van der Waals surface area contributed by atoms with Gasteiger partial charge in [0.15, 0.2) is 11.5 Å². The molecule has 1 heterocycles. The Kier molecular flexibility index (Phi) is 7.20. The smallest absolute Gasteiger partial charge is 0.231 e. The SMILES string of the molecule is Fc1ccccc1COc1ccc(Cl)cc1CNCc1ccc2c(c1)OCO2.[Cl-]. The highest BCUT2D eigenvalue weighted by Crippen LogP contribution is 2.32. The molecule has 7 heteroatoms. The zero-order valence-corrected chi connectivity index (χ0v) is 17.0. The first-order valence-corrected chi connectivity index (χ1v) is 9.31. The molecule has 1 N–H and O–H groups in total. The summed E-state index contributed by atoms with van der Waals surface area (Å²) in [4.78, 5) is 0. The normalized spacial score (nSPS) is 11.8. The van der Waals surface area contributed by atoms with Crippen LogP contribution in [-0.2, 0) is 19.7 Å². The molecule has 0 amide bonds. The fourth-order valence-electron chi connectivity index (χ4n) is 2.99. The minimum Gasteiger partial charge on any atom is -1.00 e. The van der Waals surface area contributed by atoms with E-state index in [9.17, 15) is 4.39 Å². The Bertz CT molecular complexity index is 984. The van der Waals surface area contributed by atoms with Crippen LogP contribution in [-0.4, -0.2) is 6.79 Å². The van der Waals surface area contributed by atoms with Gasteiger partial charge in [-0.2, -0.15) is 0 Å². The van der Waals surface area contributed by atoms with E-state index in [1.807, 2.05) is 24.3 Å². The van der Waals surface area contributed by atoms with E-state index in [-0.39, 0.29) is 31.6 Å². The molecule has 0 atom stereocenters. The van der Waals surface area contributed by atoms with E-state index in [1.54, 1.807) is 30.3 Å². The molecule has 0 aliphatic carbocycles. The van der Waals surface area contributed by atoms with Gasteiger partial charge in [0.2, 0.25) is 6.79 Å². The van der Waals surface area contributed by atoms with Crippen molar-refractivity contribution >= 4 is 11.6 Å². The van der Waals surface area contributed by atoms with Gasteiger partial charge in [0.05, 0.1) is 0 Å². The molecule has 3 aromatic rings. The van der Waals surface area contributed by atoms with Crippen LogP contribution in [0.1, 0.15) is 16.7 Å². The molecule has 0 unspecified atom stereocenters. The minimum atomic E-state index is -0.279. The molecular weight excluding hydrogens is 416 g/mol. The maximum atomic E-state index is 13.8. The molecule has 4 nitrogen and oxygen atoms in total. The van der Waals surface area contributed by atoms with Gasteiger partial charge in [0.1, 0.15) is 18.2 Å². The van der Waals surface area contributed by atoms with Crippen molar-refractivity contribution in [3.05, 3.63) is 88.2 Å². The monoisotopic (exact) mass is 434 g/mol. The Morgan fingerprint density at radius 3 is 2.62 bits per heavy atom. The maximum absolute atomic E-state index is 13.8. The lowest BCUT2D eigenvalue weighted by molar-refractivity contribution is -0.00000803. The number of rotatable bonds is 7. The van der Waals surface area contributed by atoms with Crippen molar-refractivity contribution in [3.63, 3.8) is 0 Å². The van der Waals surface area contributed by atoms with Crippen molar-refractivity contribution in [1.29, 1.82) is 0 Å². The summed E-state index contributed by atoms with van der Waals surface area (Å²) < 4.78 is 30.4. The number of ether oxygens (including phenoxy) is 3. The maximum Gasteiger partial charge on any atom is 0.231 e. The van der Waals surface area contributed by atoms with E-state index in [0.717, 1.165) is 22.6 Å². The zero-order chi connectivity index (χ0) is 19.3. The molecule has 1 aliphatic rings. The zero-order valence-electron chi connectivity index (χ0n) is 15.5. The van der Waals surface area contributed by atoms with Gasteiger partial charge in [-0.3, -0.25) is 0 Å². The molecule has 29 heavy (non-hydrogen) atoms. The first-order chi connectivity index (χ1) is 13.7. The summed E-state index contributed by atoms with van der Waals surface area (Å²) >= 11 is 6.15. The summed E-state index contributed by atoms with van der Waals surface area (Å²) in [6.45, 7) is 1.62. The van der Waals surface area contributed by atoms with Crippen LogP contribution in [0.25, 0.3) is 0 Å². The molecule has 0 radical (unpaired) electrons. The predicted octanol–water partition coefficient (Wildman–Crippen LogP) is 2.08. The third-order valence-corrected chi connectivity index (χ3v) is 4.68. The lowest BCUT2D eigenvalue weighted by atomic mass is 10.1. The third-order valence-electron chi connectivity index (χ3n) is 4.45. The highest BCUT2D eigenvalue weighted by molar-refractivity contribution is 6.30. The van der Waals surface area contributed by atoms with Crippen LogP contribution >= 0.6 is 11.6 Å². The van der Waals surface area contributed by atoms with Crippen molar-refractivity contribution in [1.82, 2.24) is 5.32 Å². The van der Waals surface area contributed by atoms with Crippen LogP contribution in [0.4, 0.5) is 4.39 Å². The fraction of sp³-hybridized carbons (Fsp3) is 0.182. The summed E-state index contributed by atoms with van der Waals surface area (Å²) in [6.07, 6.45) is 0. The van der Waals surface area contributed by atoms with Gasteiger partial charge in [-0.05, 0) is 42.0 Å². The Labute approximate surface area is 180 Å². The molecule has 0 saturated carbocycles. The summed E-state index contributed by atoms with van der Waals surface area (Å²) in [5, 5.41) is 4.00. The van der Waals surface area contributed by atoms with Gasteiger partial charge >= 0.3 is 0 Å². The molecule has 0 fully saturated rings. The van der Waals surface area contributed by atoms with Crippen molar-refractivity contribution in [3.8, 4) is 17.2 Å². The number of hydrogen-bond donors (Lipinski definition) is 1. The largest absolute Gasteiger partial charge is 1.00 e. The van der Waals surface area contributed by atoms with Crippen LogP contribution in [0.3, 0.4) is 0 Å². The predicted molar refractivity (Wildman–Crippen MR) is 105 cm³/mol. The van der Waals surface area contributed by atoms with E-state index < -0.39 is 0 Å². The summed E-state index contributed by atoms with van der Waals surface area (Å²) in [5.41, 5.74) is 2.50. The average molecular weight is 435 g/mol. The number of halogens is 3. The van der Waals surface area contributed by atoms with Crippen LogP contribution in [0.5, 0.6) is 17.2 Å². The third kappa shape index (κ3) is 5.32. The molecule has 0 saturated heterocycles. The Morgan fingerprint density at radius 2 is 1.76 bits per heavy atom. The molecule has 4 rings (SSSR count). The molecule has 152 valence electrons. The Balaban J connectivity index is 0.00000240. The first kappa shape index (κ1) is 21.2. The number of fused-ring (bicyclic) bond motifs is 1. The van der Waals surface area contributed by atoms with Gasteiger partial charge in [0, 0.05) is 29.2 Å². The van der Waals surface area contributed by atoms with Gasteiger partial charge in [-0.25, -0.2) is 4.39 Å². The van der Waals surface area contributed by atoms with Gasteiger partial charge in [0.25, 0.3) is 0 Å². The second-order valence-electron chi connectivity index (χ2n) is 6.42. The summed E-state index contributed by atoms with van der Waals surface area (Å²) in [6, 6.07) is 17.9. The summed E-state index contributed by atoms with van der Waals surface area (Å²) in [5.74, 6) is 1.92. The fourth-order valence-corrected chi connectivity index (χ4v) is 3.19. The highest BCUT2D eigenvalue weighted by Gasteiger charge is 2.13. The first-order valence-electron chi connectivity index (χ1n) is 8.93. The van der Waals surface area contributed by atoms with E-state index in [2.05, 4.69) is 5.32 Å². The van der Waals surface area contributed by atoms with E-state index in [4.69, 9.17) is 25.8 Å². The number of hydrogen-bond acceptors (Lipinski definition) is 4. The topological polar surface area (TPSA) is 39.7 Å². The summed E-state index contributed by atoms with van der Waals surface area (Å²) in [7, 11) is 0. The van der Waals surface area contributed by atoms with Gasteiger partial charge in [-0.1, -0.05) is 35.9 Å². The average Bonchev–Trinajstić information content (AvgIpc) is 3.16. The van der Waals surface area contributed by atoms with Crippen LogP contribution in [0.2, 0.25) is 5.02 Å². The second-order valence-corrected chi connectivity index (χ2v) is 6.86. The standard InChI is InChI=1S/C22H19ClFNO3.ClH/c23-18-6-8-20(26-13-16-3-1-2-4-19(16)24)17(10-18)12-25-11-15-5-7-21-22(9-15)28-14-27-21;/h1-10,25H,11-14H2;1H/p-1. The highest BCUT2D eigenvalue weighted by atomic mass is 35.5. The Morgan fingerprint density at radius 1 is 0.931 bits per heavy atom. The minimum absolute atomic E-state index is 0. The molecule has 1 aliphatic heterocycles. The van der Waals surface area contributed by atoms with Gasteiger partial charge < -0.3 is 31.9 Å². The molecule has 0 spiro atoms.